The van der Waals surface area contributed by atoms with E-state index in [2.05, 4.69) is 0 Å². The molecule has 4 nitrogen and oxygen atoms in total. The van der Waals surface area contributed by atoms with Gasteiger partial charge in [-0.3, -0.25) is 4.79 Å². The van der Waals surface area contributed by atoms with Crippen molar-refractivity contribution >= 4 is 11.9 Å². The van der Waals surface area contributed by atoms with E-state index < -0.39 is 5.97 Å². The number of unbranched alkanes of at least 4 members (excludes halogenated alkanes) is 1. The Morgan fingerprint density at radius 1 is 1.24 bits per heavy atom. The lowest BCUT2D eigenvalue weighted by Gasteiger charge is -2.04. The highest BCUT2D eigenvalue weighted by molar-refractivity contribution is 5.89. The second kappa shape index (κ2) is 6.68. The standard InChI is InChI=1S/C13H16O4/c1-2-3-8-17-13(16)11-6-4-10(5-7-11)9-12(14)15/h4-7H,2-3,8-9H2,1H3,(H,14,15). The normalized spacial score (nSPS) is 9.94. The minimum Gasteiger partial charge on any atom is -0.481 e. The number of benzene rings is 1. The van der Waals surface area contributed by atoms with E-state index in [9.17, 15) is 9.59 Å². The number of carbonyl (C=O) groups excluding carboxylic acids is 1. The summed E-state index contributed by atoms with van der Waals surface area (Å²) in [6.07, 6.45) is 1.79. The van der Waals surface area contributed by atoms with Crippen LogP contribution in [0, 0.1) is 0 Å². The van der Waals surface area contributed by atoms with Gasteiger partial charge in [0.05, 0.1) is 18.6 Å². The molecule has 0 aliphatic rings. The number of ether oxygens (including phenoxy) is 1. The van der Waals surface area contributed by atoms with Gasteiger partial charge in [-0.1, -0.05) is 25.5 Å². The van der Waals surface area contributed by atoms with Crippen LogP contribution in [-0.2, 0) is 16.0 Å². The summed E-state index contributed by atoms with van der Waals surface area (Å²) in [6.45, 7) is 2.45. The number of hydrogen-bond acceptors (Lipinski definition) is 3. The molecule has 0 aromatic heterocycles. The van der Waals surface area contributed by atoms with Gasteiger partial charge in [0, 0.05) is 0 Å². The monoisotopic (exact) mass is 236 g/mol. The number of esters is 1. The van der Waals surface area contributed by atoms with Crippen molar-refractivity contribution in [1.82, 2.24) is 0 Å². The molecule has 0 fully saturated rings. The van der Waals surface area contributed by atoms with E-state index in [1.54, 1.807) is 24.3 Å². The molecule has 0 saturated carbocycles. The second-order valence-electron chi connectivity index (χ2n) is 3.76. The summed E-state index contributed by atoms with van der Waals surface area (Å²) < 4.78 is 5.03. The zero-order valence-corrected chi connectivity index (χ0v) is 9.81. The highest BCUT2D eigenvalue weighted by atomic mass is 16.5. The van der Waals surface area contributed by atoms with E-state index in [1.165, 1.54) is 0 Å². The fourth-order valence-electron chi connectivity index (χ4n) is 1.33. The van der Waals surface area contributed by atoms with E-state index in [-0.39, 0.29) is 12.4 Å². The van der Waals surface area contributed by atoms with Crippen molar-refractivity contribution in [1.29, 1.82) is 0 Å². The Hall–Kier alpha value is -1.84. The van der Waals surface area contributed by atoms with Crippen LogP contribution in [0.2, 0.25) is 0 Å². The summed E-state index contributed by atoms with van der Waals surface area (Å²) in [5.41, 5.74) is 1.12. The molecule has 1 rings (SSSR count). The van der Waals surface area contributed by atoms with Crippen molar-refractivity contribution in [3.05, 3.63) is 35.4 Å². The molecule has 0 aliphatic carbocycles. The molecule has 0 atom stereocenters. The highest BCUT2D eigenvalue weighted by Crippen LogP contribution is 2.07. The fourth-order valence-corrected chi connectivity index (χ4v) is 1.33. The molecule has 0 amide bonds. The smallest absolute Gasteiger partial charge is 0.338 e. The van der Waals surface area contributed by atoms with Crippen molar-refractivity contribution in [3.63, 3.8) is 0 Å². The summed E-state index contributed by atoms with van der Waals surface area (Å²) in [7, 11) is 0. The van der Waals surface area contributed by atoms with Crippen molar-refractivity contribution in [2.45, 2.75) is 26.2 Å². The topological polar surface area (TPSA) is 63.6 Å². The van der Waals surface area contributed by atoms with Crippen LogP contribution >= 0.6 is 0 Å². The lowest BCUT2D eigenvalue weighted by molar-refractivity contribution is -0.136. The molecule has 0 bridgehead atoms. The molecule has 0 radical (unpaired) electrons. The summed E-state index contributed by atoms with van der Waals surface area (Å²) in [5.74, 6) is -1.25. The van der Waals surface area contributed by atoms with Crippen LogP contribution in [0.5, 0.6) is 0 Å². The van der Waals surface area contributed by atoms with Gasteiger partial charge in [-0.05, 0) is 24.1 Å². The highest BCUT2D eigenvalue weighted by Gasteiger charge is 2.07. The average Bonchev–Trinajstić information content (AvgIpc) is 2.29. The molecule has 1 aromatic rings. The van der Waals surface area contributed by atoms with Gasteiger partial charge in [0.2, 0.25) is 0 Å². The van der Waals surface area contributed by atoms with E-state index in [0.29, 0.717) is 17.7 Å². The molecule has 4 heteroatoms. The number of carboxylic acids is 1. The molecule has 1 N–H and O–H groups in total. The lowest BCUT2D eigenvalue weighted by atomic mass is 10.1. The number of aliphatic carboxylic acids is 1. The quantitative estimate of drug-likeness (QED) is 0.608. The summed E-state index contributed by atoms with van der Waals surface area (Å²) >= 11 is 0. The van der Waals surface area contributed by atoms with E-state index in [1.807, 2.05) is 6.92 Å². The second-order valence-corrected chi connectivity index (χ2v) is 3.76. The van der Waals surface area contributed by atoms with Crippen LogP contribution < -0.4 is 0 Å². The predicted molar refractivity (Wildman–Crippen MR) is 63.0 cm³/mol. The molecule has 0 saturated heterocycles. The van der Waals surface area contributed by atoms with Gasteiger partial charge >= 0.3 is 11.9 Å². The van der Waals surface area contributed by atoms with Crippen LogP contribution in [0.25, 0.3) is 0 Å². The Kier molecular flexibility index (Phi) is 5.20. The number of carboxylic acid groups (broad SMARTS) is 1. The summed E-state index contributed by atoms with van der Waals surface area (Å²) in [4.78, 5) is 22.0. The van der Waals surface area contributed by atoms with Gasteiger partial charge in [0.25, 0.3) is 0 Å². The third-order valence-corrected chi connectivity index (χ3v) is 2.28. The first-order chi connectivity index (χ1) is 8.13. The minimum atomic E-state index is -0.886. The molecular weight excluding hydrogens is 220 g/mol. The largest absolute Gasteiger partial charge is 0.481 e. The van der Waals surface area contributed by atoms with Gasteiger partial charge < -0.3 is 9.84 Å². The number of carbonyl (C=O) groups is 2. The maximum Gasteiger partial charge on any atom is 0.338 e. The van der Waals surface area contributed by atoms with E-state index >= 15 is 0 Å². The molecule has 92 valence electrons. The molecule has 17 heavy (non-hydrogen) atoms. The Labute approximate surface area is 100 Å². The Balaban J connectivity index is 2.54. The molecular formula is C13H16O4. The van der Waals surface area contributed by atoms with Crippen LogP contribution in [0.3, 0.4) is 0 Å². The first-order valence-electron chi connectivity index (χ1n) is 5.61. The molecule has 0 spiro atoms. The van der Waals surface area contributed by atoms with Gasteiger partial charge in [-0.2, -0.15) is 0 Å². The van der Waals surface area contributed by atoms with Crippen molar-refractivity contribution in [2.24, 2.45) is 0 Å². The van der Waals surface area contributed by atoms with E-state index in [4.69, 9.17) is 9.84 Å². The number of rotatable bonds is 6. The zero-order chi connectivity index (χ0) is 12.7. The van der Waals surface area contributed by atoms with Crippen LogP contribution in [-0.4, -0.2) is 23.7 Å². The summed E-state index contributed by atoms with van der Waals surface area (Å²) in [5, 5.41) is 8.60. The van der Waals surface area contributed by atoms with Gasteiger partial charge in [-0.25, -0.2) is 4.79 Å². The van der Waals surface area contributed by atoms with Crippen molar-refractivity contribution in [3.8, 4) is 0 Å². The third kappa shape index (κ3) is 4.68. The van der Waals surface area contributed by atoms with Crippen LogP contribution in [0.4, 0.5) is 0 Å². The Morgan fingerprint density at radius 2 is 1.88 bits per heavy atom. The van der Waals surface area contributed by atoms with Gasteiger partial charge in [0.1, 0.15) is 0 Å². The lowest BCUT2D eigenvalue weighted by Crippen LogP contribution is -2.07. The zero-order valence-electron chi connectivity index (χ0n) is 9.81. The maximum absolute atomic E-state index is 11.5. The molecule has 0 aliphatic heterocycles. The predicted octanol–water partition coefficient (Wildman–Crippen LogP) is 2.27. The third-order valence-electron chi connectivity index (χ3n) is 2.28. The van der Waals surface area contributed by atoms with Crippen molar-refractivity contribution < 1.29 is 19.4 Å². The fraction of sp³-hybridized carbons (Fsp3) is 0.385. The maximum atomic E-state index is 11.5. The molecule has 1 aromatic carbocycles. The van der Waals surface area contributed by atoms with Crippen LogP contribution in [0.1, 0.15) is 35.7 Å². The summed E-state index contributed by atoms with van der Waals surface area (Å²) in [6, 6.07) is 6.44. The minimum absolute atomic E-state index is 0.0365. The van der Waals surface area contributed by atoms with E-state index in [0.717, 1.165) is 12.8 Å². The van der Waals surface area contributed by atoms with Crippen molar-refractivity contribution in [2.75, 3.05) is 6.61 Å². The van der Waals surface area contributed by atoms with Gasteiger partial charge in [-0.15, -0.1) is 0 Å². The molecule has 0 heterocycles. The first-order valence-corrected chi connectivity index (χ1v) is 5.61. The van der Waals surface area contributed by atoms with Gasteiger partial charge in [0.15, 0.2) is 0 Å². The number of hydrogen-bond donors (Lipinski definition) is 1. The first kappa shape index (κ1) is 13.2. The Morgan fingerprint density at radius 3 is 2.41 bits per heavy atom. The Bertz CT molecular complexity index is 381. The van der Waals surface area contributed by atoms with Crippen LogP contribution in [0.15, 0.2) is 24.3 Å². The average molecular weight is 236 g/mol. The molecule has 0 unspecified atom stereocenters. The SMILES string of the molecule is CCCCOC(=O)c1ccc(CC(=O)O)cc1.